The topological polar surface area (TPSA) is 105 Å². The van der Waals surface area contributed by atoms with Gasteiger partial charge in [0.25, 0.3) is 0 Å². The van der Waals surface area contributed by atoms with E-state index in [9.17, 15) is 31.2 Å². The third kappa shape index (κ3) is 6.12. The molecule has 3 rings (SSSR count). The van der Waals surface area contributed by atoms with Crippen LogP contribution in [0.4, 0.5) is 13.2 Å². The van der Waals surface area contributed by atoms with Gasteiger partial charge in [-0.25, -0.2) is 13.4 Å². The molecule has 12 heteroatoms. The first-order valence-corrected chi connectivity index (χ1v) is 13.0. The number of alkyl halides is 3. The van der Waals surface area contributed by atoms with E-state index in [4.69, 9.17) is 9.47 Å². The second-order valence-corrected chi connectivity index (χ2v) is 11.3. The molecule has 8 nitrogen and oxygen atoms in total. The summed E-state index contributed by atoms with van der Waals surface area (Å²) in [6, 6.07) is 6.24. The minimum Gasteiger partial charge on any atom is -0.469 e. The van der Waals surface area contributed by atoms with Crippen molar-refractivity contribution in [3.8, 4) is 0 Å². The molecule has 0 aliphatic heterocycles. The van der Waals surface area contributed by atoms with Crippen LogP contribution in [-0.4, -0.2) is 49.9 Å². The summed E-state index contributed by atoms with van der Waals surface area (Å²) in [4.78, 5) is 28.4. The molecule has 0 saturated carbocycles. The van der Waals surface area contributed by atoms with Crippen molar-refractivity contribution in [1.82, 2.24) is 9.55 Å². The summed E-state index contributed by atoms with van der Waals surface area (Å²) in [5, 5.41) is 0.561. The van der Waals surface area contributed by atoms with Crippen LogP contribution >= 0.6 is 0 Å². The third-order valence-electron chi connectivity index (χ3n) is 6.01. The van der Waals surface area contributed by atoms with E-state index in [-0.39, 0.29) is 25.1 Å². The molecule has 0 saturated heterocycles. The van der Waals surface area contributed by atoms with Crippen molar-refractivity contribution < 1.29 is 40.7 Å². The predicted octanol–water partition coefficient (Wildman–Crippen LogP) is 4.10. The highest BCUT2D eigenvalue weighted by Gasteiger charge is 2.35. The molecular formula is C25H27F3N2O6S. The Kier molecular flexibility index (Phi) is 7.73. The van der Waals surface area contributed by atoms with E-state index in [1.54, 1.807) is 37.5 Å². The molecule has 200 valence electrons. The number of carbonyl (C=O) groups excluding carboxylic acids is 2. The van der Waals surface area contributed by atoms with Crippen molar-refractivity contribution in [2.24, 2.45) is 5.41 Å². The molecule has 0 fully saturated rings. The number of rotatable bonds is 8. The standard InChI is InChI=1S/C25H27F3N2O6S/c1-15-19(12-21(31)36-14-24(2,3)23(32)35-4)18-7-6-10-29-22(18)30(15)13-16-8-9-17(37(5,33)34)11-20(16)25(26,27)28/h6-11H,12-14H2,1-5H3. The van der Waals surface area contributed by atoms with Gasteiger partial charge in [-0.1, -0.05) is 6.07 Å². The van der Waals surface area contributed by atoms with Gasteiger partial charge in [0, 0.05) is 30.1 Å². The van der Waals surface area contributed by atoms with Crippen molar-refractivity contribution in [2.75, 3.05) is 20.0 Å². The van der Waals surface area contributed by atoms with Gasteiger partial charge in [-0.05, 0) is 56.2 Å². The van der Waals surface area contributed by atoms with Crippen LogP contribution < -0.4 is 0 Å². The Morgan fingerprint density at radius 2 is 1.81 bits per heavy atom. The fourth-order valence-corrected chi connectivity index (χ4v) is 4.58. The van der Waals surface area contributed by atoms with Gasteiger partial charge in [0.05, 0.1) is 29.4 Å². The maximum Gasteiger partial charge on any atom is 0.416 e. The van der Waals surface area contributed by atoms with Gasteiger partial charge in [0.2, 0.25) is 0 Å². The largest absolute Gasteiger partial charge is 0.469 e. The molecule has 3 aromatic rings. The van der Waals surface area contributed by atoms with E-state index >= 15 is 0 Å². The average molecular weight is 541 g/mol. The highest BCUT2D eigenvalue weighted by Crippen LogP contribution is 2.35. The Labute approximate surface area is 212 Å². The summed E-state index contributed by atoms with van der Waals surface area (Å²) >= 11 is 0. The molecule has 0 aliphatic carbocycles. The maximum absolute atomic E-state index is 13.9. The van der Waals surface area contributed by atoms with Crippen LogP contribution in [0.5, 0.6) is 0 Å². The Hall–Kier alpha value is -3.41. The van der Waals surface area contributed by atoms with Crippen molar-refractivity contribution in [3.05, 3.63) is 58.9 Å². The lowest BCUT2D eigenvalue weighted by atomic mass is 9.95. The van der Waals surface area contributed by atoms with Crippen LogP contribution in [-0.2, 0) is 48.0 Å². The minimum atomic E-state index is -4.79. The fourth-order valence-electron chi connectivity index (χ4n) is 3.93. The second kappa shape index (κ2) is 10.2. The van der Waals surface area contributed by atoms with Gasteiger partial charge in [-0.15, -0.1) is 0 Å². The molecule has 0 aliphatic rings. The number of aromatic nitrogens is 2. The van der Waals surface area contributed by atoms with Crippen LogP contribution in [0.3, 0.4) is 0 Å². The molecule has 37 heavy (non-hydrogen) atoms. The van der Waals surface area contributed by atoms with Crippen LogP contribution in [0, 0.1) is 12.3 Å². The minimum absolute atomic E-state index is 0.153. The summed E-state index contributed by atoms with van der Waals surface area (Å²) in [6.07, 6.45) is -2.67. The molecule has 1 aromatic carbocycles. The number of methoxy groups -OCH3 is 1. The van der Waals surface area contributed by atoms with Crippen LogP contribution in [0.15, 0.2) is 41.4 Å². The van der Waals surface area contributed by atoms with Crippen molar-refractivity contribution >= 4 is 32.8 Å². The fraction of sp³-hybridized carbons (Fsp3) is 0.400. The number of halogens is 3. The number of benzene rings is 1. The molecule has 2 heterocycles. The summed E-state index contributed by atoms with van der Waals surface area (Å²) < 4.78 is 76.8. The molecule has 0 radical (unpaired) electrons. The predicted molar refractivity (Wildman–Crippen MR) is 129 cm³/mol. The lowest BCUT2D eigenvalue weighted by Gasteiger charge is -2.20. The van der Waals surface area contributed by atoms with Crippen LogP contribution in [0.2, 0.25) is 0 Å². The van der Waals surface area contributed by atoms with Gasteiger partial charge in [-0.3, -0.25) is 9.59 Å². The zero-order valence-corrected chi connectivity index (χ0v) is 21.8. The number of esters is 2. The van der Waals surface area contributed by atoms with Crippen molar-refractivity contribution in [2.45, 2.75) is 44.8 Å². The molecule has 0 amide bonds. The van der Waals surface area contributed by atoms with E-state index in [1.807, 2.05) is 0 Å². The zero-order chi connectivity index (χ0) is 27.8. The van der Waals surface area contributed by atoms with E-state index in [0.717, 1.165) is 18.4 Å². The summed E-state index contributed by atoms with van der Waals surface area (Å²) in [5.41, 5.74) is -0.902. The molecule has 2 aromatic heterocycles. The Morgan fingerprint density at radius 1 is 1.14 bits per heavy atom. The number of nitrogens with zero attached hydrogens (tertiary/aromatic N) is 2. The van der Waals surface area contributed by atoms with Gasteiger partial charge in [0.1, 0.15) is 12.3 Å². The Morgan fingerprint density at radius 3 is 2.41 bits per heavy atom. The van der Waals surface area contributed by atoms with E-state index in [2.05, 4.69) is 4.98 Å². The average Bonchev–Trinajstić information content (AvgIpc) is 3.07. The zero-order valence-electron chi connectivity index (χ0n) is 21.0. The highest BCUT2D eigenvalue weighted by atomic mass is 32.2. The van der Waals surface area contributed by atoms with E-state index < -0.39 is 43.8 Å². The molecular weight excluding hydrogens is 513 g/mol. The highest BCUT2D eigenvalue weighted by molar-refractivity contribution is 7.90. The number of hydrogen-bond donors (Lipinski definition) is 0. The molecule has 0 unspecified atom stereocenters. The van der Waals surface area contributed by atoms with E-state index in [0.29, 0.717) is 28.4 Å². The number of fused-ring (bicyclic) bond motifs is 1. The first-order valence-electron chi connectivity index (χ1n) is 11.1. The Balaban J connectivity index is 1.99. The van der Waals surface area contributed by atoms with Gasteiger partial charge in [0.15, 0.2) is 9.84 Å². The molecule has 0 atom stereocenters. The number of carbonyl (C=O) groups is 2. The summed E-state index contributed by atoms with van der Waals surface area (Å²) in [5.74, 6) is -1.17. The SMILES string of the molecule is COC(=O)C(C)(C)COC(=O)Cc1c(C)n(Cc2ccc(S(C)(=O)=O)cc2C(F)(F)F)c2ncccc12. The smallest absolute Gasteiger partial charge is 0.416 e. The van der Waals surface area contributed by atoms with Gasteiger partial charge < -0.3 is 14.0 Å². The first-order chi connectivity index (χ1) is 17.1. The maximum atomic E-state index is 13.9. The lowest BCUT2D eigenvalue weighted by molar-refractivity contribution is -0.159. The molecule has 0 N–H and O–H groups in total. The summed E-state index contributed by atoms with van der Waals surface area (Å²) in [6.45, 7) is 4.32. The Bertz CT molecular complexity index is 1460. The van der Waals surface area contributed by atoms with E-state index in [1.165, 1.54) is 13.3 Å². The van der Waals surface area contributed by atoms with Crippen LogP contribution in [0.1, 0.15) is 36.2 Å². The summed E-state index contributed by atoms with van der Waals surface area (Å²) in [7, 11) is -2.62. The first kappa shape index (κ1) is 28.2. The van der Waals surface area contributed by atoms with Gasteiger partial charge >= 0.3 is 18.1 Å². The second-order valence-electron chi connectivity index (χ2n) is 9.33. The molecule has 0 bridgehead atoms. The lowest BCUT2D eigenvalue weighted by Crippen LogP contribution is -2.32. The monoisotopic (exact) mass is 540 g/mol. The third-order valence-corrected chi connectivity index (χ3v) is 7.12. The molecule has 0 spiro atoms. The number of ether oxygens (including phenoxy) is 2. The number of hydrogen-bond acceptors (Lipinski definition) is 7. The van der Waals surface area contributed by atoms with Crippen molar-refractivity contribution in [1.29, 1.82) is 0 Å². The quantitative estimate of drug-likeness (QED) is 0.396. The van der Waals surface area contributed by atoms with Gasteiger partial charge in [-0.2, -0.15) is 13.2 Å². The van der Waals surface area contributed by atoms with Crippen LogP contribution in [0.25, 0.3) is 11.0 Å². The number of pyridine rings is 1. The normalized spacial score (nSPS) is 12.5. The van der Waals surface area contributed by atoms with Crippen molar-refractivity contribution in [3.63, 3.8) is 0 Å². The number of sulfone groups is 1.